The number of benzene rings is 1. The SMILES string of the molecule is CCN1C(=O)C(=Cc2ccc(O)cc2)N(C)C1=S. The number of hydrogen-bond donors (Lipinski definition) is 1. The van der Waals surface area contributed by atoms with Crippen molar-refractivity contribution in [3.63, 3.8) is 0 Å². The molecule has 0 saturated carbocycles. The highest BCUT2D eigenvalue weighted by atomic mass is 32.1. The summed E-state index contributed by atoms with van der Waals surface area (Å²) in [6.45, 7) is 2.45. The highest BCUT2D eigenvalue weighted by molar-refractivity contribution is 7.80. The molecule has 0 aromatic heterocycles. The summed E-state index contributed by atoms with van der Waals surface area (Å²) >= 11 is 5.20. The summed E-state index contributed by atoms with van der Waals surface area (Å²) in [7, 11) is 1.78. The zero-order valence-electron chi connectivity index (χ0n) is 10.3. The zero-order chi connectivity index (χ0) is 13.3. The predicted molar refractivity (Wildman–Crippen MR) is 73.8 cm³/mol. The minimum atomic E-state index is -0.0851. The second kappa shape index (κ2) is 4.78. The van der Waals surface area contributed by atoms with Gasteiger partial charge in [0.25, 0.3) is 5.91 Å². The molecular formula is C13H14N2O2S. The van der Waals surface area contributed by atoms with E-state index in [2.05, 4.69) is 0 Å². The molecule has 0 bridgehead atoms. The second-order valence-electron chi connectivity index (χ2n) is 4.01. The first-order chi connectivity index (χ1) is 8.54. The maximum Gasteiger partial charge on any atom is 0.276 e. The Kier molecular flexibility index (Phi) is 3.34. The van der Waals surface area contributed by atoms with Gasteiger partial charge in [-0.2, -0.15) is 0 Å². The molecule has 1 aliphatic rings. The molecule has 94 valence electrons. The molecule has 0 spiro atoms. The van der Waals surface area contributed by atoms with Gasteiger partial charge in [-0.05, 0) is 42.9 Å². The van der Waals surface area contributed by atoms with Crippen LogP contribution >= 0.6 is 12.2 Å². The van der Waals surface area contributed by atoms with Crippen molar-refractivity contribution < 1.29 is 9.90 Å². The van der Waals surface area contributed by atoms with Crippen LogP contribution in [0.3, 0.4) is 0 Å². The van der Waals surface area contributed by atoms with Crippen LogP contribution in [0.1, 0.15) is 12.5 Å². The van der Waals surface area contributed by atoms with E-state index in [4.69, 9.17) is 12.2 Å². The van der Waals surface area contributed by atoms with Gasteiger partial charge in [0.2, 0.25) is 0 Å². The van der Waals surface area contributed by atoms with Crippen LogP contribution in [0.15, 0.2) is 30.0 Å². The lowest BCUT2D eigenvalue weighted by atomic mass is 10.2. The third-order valence-electron chi connectivity index (χ3n) is 2.86. The number of carbonyl (C=O) groups is 1. The molecule has 5 heteroatoms. The quantitative estimate of drug-likeness (QED) is 0.652. The Balaban J connectivity index is 2.36. The number of amides is 1. The van der Waals surface area contributed by atoms with E-state index < -0.39 is 0 Å². The molecule has 2 rings (SSSR count). The highest BCUT2D eigenvalue weighted by Gasteiger charge is 2.34. The summed E-state index contributed by atoms with van der Waals surface area (Å²) in [5.41, 5.74) is 1.40. The van der Waals surface area contributed by atoms with Crippen LogP contribution in [-0.4, -0.2) is 39.5 Å². The topological polar surface area (TPSA) is 43.8 Å². The lowest BCUT2D eigenvalue weighted by molar-refractivity contribution is -0.122. The van der Waals surface area contributed by atoms with Crippen molar-refractivity contribution in [1.29, 1.82) is 0 Å². The lowest BCUT2D eigenvalue weighted by Crippen LogP contribution is -2.30. The third-order valence-corrected chi connectivity index (χ3v) is 3.35. The van der Waals surface area contributed by atoms with E-state index in [-0.39, 0.29) is 11.7 Å². The fraction of sp³-hybridized carbons (Fsp3) is 0.231. The van der Waals surface area contributed by atoms with Gasteiger partial charge < -0.3 is 10.0 Å². The molecule has 0 aliphatic carbocycles. The Labute approximate surface area is 111 Å². The van der Waals surface area contributed by atoms with Gasteiger partial charge in [0.1, 0.15) is 11.4 Å². The van der Waals surface area contributed by atoms with Gasteiger partial charge >= 0.3 is 0 Å². The first-order valence-electron chi connectivity index (χ1n) is 5.65. The predicted octanol–water partition coefficient (Wildman–Crippen LogP) is 1.81. The van der Waals surface area contributed by atoms with Crippen molar-refractivity contribution in [2.75, 3.05) is 13.6 Å². The number of phenolic OH excluding ortho intramolecular Hbond substituents is 1. The Morgan fingerprint density at radius 1 is 1.33 bits per heavy atom. The van der Waals surface area contributed by atoms with Crippen molar-refractivity contribution in [3.05, 3.63) is 35.5 Å². The molecule has 1 aromatic carbocycles. The highest BCUT2D eigenvalue weighted by Crippen LogP contribution is 2.22. The van der Waals surface area contributed by atoms with Gasteiger partial charge in [-0.3, -0.25) is 9.69 Å². The molecule has 4 nitrogen and oxygen atoms in total. The van der Waals surface area contributed by atoms with Gasteiger partial charge in [0, 0.05) is 13.6 Å². The average Bonchev–Trinajstić information content (AvgIpc) is 2.56. The number of phenols is 1. The third kappa shape index (κ3) is 2.09. The largest absolute Gasteiger partial charge is 0.508 e. The number of hydrogen-bond acceptors (Lipinski definition) is 3. The molecule has 0 radical (unpaired) electrons. The van der Waals surface area contributed by atoms with Crippen molar-refractivity contribution in [2.24, 2.45) is 0 Å². The van der Waals surface area contributed by atoms with E-state index in [1.165, 1.54) is 0 Å². The fourth-order valence-electron chi connectivity index (χ4n) is 1.82. The van der Waals surface area contributed by atoms with Crippen molar-refractivity contribution in [3.8, 4) is 5.75 Å². The molecule has 1 aliphatic heterocycles. The summed E-state index contributed by atoms with van der Waals surface area (Å²) < 4.78 is 0. The van der Waals surface area contributed by atoms with Crippen molar-refractivity contribution in [2.45, 2.75) is 6.92 Å². The average molecular weight is 262 g/mol. The van der Waals surface area contributed by atoms with Crippen LogP contribution in [-0.2, 0) is 4.79 Å². The van der Waals surface area contributed by atoms with Gasteiger partial charge in [-0.1, -0.05) is 12.1 Å². The molecule has 1 amide bonds. The van der Waals surface area contributed by atoms with Gasteiger partial charge in [-0.15, -0.1) is 0 Å². The number of nitrogens with zero attached hydrogens (tertiary/aromatic N) is 2. The summed E-state index contributed by atoms with van der Waals surface area (Å²) in [6, 6.07) is 6.67. The zero-order valence-corrected chi connectivity index (χ0v) is 11.1. The van der Waals surface area contributed by atoms with Crippen LogP contribution in [0.25, 0.3) is 6.08 Å². The molecule has 0 atom stereocenters. The molecule has 18 heavy (non-hydrogen) atoms. The fourth-order valence-corrected chi connectivity index (χ4v) is 2.13. The summed E-state index contributed by atoms with van der Waals surface area (Å²) in [5.74, 6) is 0.118. The van der Waals surface area contributed by atoms with Crippen LogP contribution in [0, 0.1) is 0 Å². The molecule has 1 fully saturated rings. The van der Waals surface area contributed by atoms with E-state index >= 15 is 0 Å². The first kappa shape index (κ1) is 12.6. The standard InChI is InChI=1S/C13H14N2O2S/c1-3-15-12(17)11(14(2)13(15)18)8-9-4-6-10(16)7-5-9/h4-8,16H,3H2,1-2H3. The van der Waals surface area contributed by atoms with Gasteiger partial charge in [0.15, 0.2) is 5.11 Å². The first-order valence-corrected chi connectivity index (χ1v) is 6.05. The maximum atomic E-state index is 12.1. The summed E-state index contributed by atoms with van der Waals surface area (Å²) in [4.78, 5) is 15.4. The molecular weight excluding hydrogens is 248 g/mol. The van der Waals surface area contributed by atoms with Gasteiger partial charge in [-0.25, -0.2) is 0 Å². The number of carbonyl (C=O) groups excluding carboxylic acids is 1. The number of likely N-dealkylation sites (N-methyl/N-ethyl adjacent to an activating group) is 2. The summed E-state index contributed by atoms with van der Waals surface area (Å²) in [5, 5.41) is 9.74. The lowest BCUT2D eigenvalue weighted by Gasteiger charge is -2.13. The monoisotopic (exact) mass is 262 g/mol. The minimum Gasteiger partial charge on any atom is -0.508 e. The van der Waals surface area contributed by atoms with E-state index in [1.807, 2.05) is 6.92 Å². The number of rotatable bonds is 2. The van der Waals surface area contributed by atoms with Gasteiger partial charge in [0.05, 0.1) is 0 Å². The van der Waals surface area contributed by atoms with Crippen molar-refractivity contribution in [1.82, 2.24) is 9.80 Å². The normalized spacial score (nSPS) is 18.0. The van der Waals surface area contributed by atoms with Crippen LogP contribution in [0.4, 0.5) is 0 Å². The summed E-state index contributed by atoms with van der Waals surface area (Å²) in [6.07, 6.45) is 1.77. The van der Waals surface area contributed by atoms with E-state index in [1.54, 1.807) is 47.2 Å². The Morgan fingerprint density at radius 3 is 2.44 bits per heavy atom. The number of thiocarbonyl (C=S) groups is 1. The minimum absolute atomic E-state index is 0.0851. The Bertz CT molecular complexity index is 522. The number of aromatic hydroxyl groups is 1. The maximum absolute atomic E-state index is 12.1. The van der Waals surface area contributed by atoms with E-state index in [0.717, 1.165) is 5.56 Å². The second-order valence-corrected chi connectivity index (χ2v) is 4.38. The molecule has 1 saturated heterocycles. The Hall–Kier alpha value is -1.88. The van der Waals surface area contributed by atoms with Crippen LogP contribution in [0.2, 0.25) is 0 Å². The van der Waals surface area contributed by atoms with Crippen LogP contribution < -0.4 is 0 Å². The molecule has 1 N–H and O–H groups in total. The smallest absolute Gasteiger partial charge is 0.276 e. The van der Waals surface area contributed by atoms with Crippen LogP contribution in [0.5, 0.6) is 5.75 Å². The molecule has 1 aromatic rings. The van der Waals surface area contributed by atoms with Crippen molar-refractivity contribution >= 4 is 29.3 Å². The molecule has 0 unspecified atom stereocenters. The molecule has 1 heterocycles. The Morgan fingerprint density at radius 2 is 1.94 bits per heavy atom. The van der Waals surface area contributed by atoms with E-state index in [9.17, 15) is 9.90 Å². The van der Waals surface area contributed by atoms with E-state index in [0.29, 0.717) is 17.4 Å².